The molecule has 1 aliphatic heterocycles. The molecule has 0 bridgehead atoms. The van der Waals surface area contributed by atoms with Gasteiger partial charge in [0.25, 0.3) is 0 Å². The molecule has 0 saturated carbocycles. The minimum Gasteiger partial charge on any atom is -0.434 e. The van der Waals surface area contributed by atoms with Gasteiger partial charge in [-0.15, -0.1) is 0 Å². The second-order valence-electron chi connectivity index (χ2n) is 7.00. The van der Waals surface area contributed by atoms with E-state index in [1.54, 1.807) is 25.2 Å². The molecule has 0 atom stereocenters. The van der Waals surface area contributed by atoms with E-state index in [1.807, 2.05) is 29.2 Å². The van der Waals surface area contributed by atoms with Gasteiger partial charge >= 0.3 is 6.61 Å². The van der Waals surface area contributed by atoms with Gasteiger partial charge in [0.1, 0.15) is 5.75 Å². The molecule has 6 nitrogen and oxygen atoms in total. The molecule has 160 valence electrons. The molecule has 1 fully saturated rings. The molecule has 8 heteroatoms. The van der Waals surface area contributed by atoms with E-state index < -0.39 is 6.61 Å². The molecule has 2 N–H and O–H groups in total. The van der Waals surface area contributed by atoms with Crippen molar-refractivity contribution in [3.05, 3.63) is 65.2 Å². The van der Waals surface area contributed by atoms with Crippen molar-refractivity contribution in [1.82, 2.24) is 15.5 Å². The number of aliphatic imine (C=N–C) groups is 1. The van der Waals surface area contributed by atoms with Crippen LogP contribution in [0.4, 0.5) is 8.78 Å². The van der Waals surface area contributed by atoms with Gasteiger partial charge in [-0.2, -0.15) is 8.78 Å². The number of guanidine groups is 1. The maximum Gasteiger partial charge on any atom is 0.387 e. The first kappa shape index (κ1) is 21.5. The number of hydrogen-bond donors (Lipinski definition) is 2. The number of benzene rings is 2. The van der Waals surface area contributed by atoms with E-state index in [9.17, 15) is 13.6 Å². The number of amides is 1. The van der Waals surface area contributed by atoms with E-state index in [0.29, 0.717) is 37.6 Å². The predicted octanol–water partition coefficient (Wildman–Crippen LogP) is 3.28. The van der Waals surface area contributed by atoms with E-state index in [-0.39, 0.29) is 11.7 Å². The highest BCUT2D eigenvalue weighted by atomic mass is 19.3. The largest absolute Gasteiger partial charge is 0.434 e. The van der Waals surface area contributed by atoms with Crippen molar-refractivity contribution in [3.63, 3.8) is 0 Å². The minimum absolute atomic E-state index is 0.141. The van der Waals surface area contributed by atoms with E-state index >= 15 is 0 Å². The number of hydrogen-bond acceptors (Lipinski definition) is 3. The highest BCUT2D eigenvalue weighted by molar-refractivity contribution is 5.79. The third-order valence-corrected chi connectivity index (χ3v) is 4.89. The standard InChI is InChI=1S/C22H26F2N4O2/c1-25-22(27-14-18-5-2-3-6-19(18)30-21(23)24)26-13-16-8-10-17(11-9-16)15-28-12-4-7-20(28)29/h2-3,5-6,8-11,21H,4,7,12-15H2,1H3,(H2,25,26,27). The minimum atomic E-state index is -2.87. The summed E-state index contributed by atoms with van der Waals surface area (Å²) in [4.78, 5) is 17.8. The average molecular weight is 416 g/mol. The van der Waals surface area contributed by atoms with Gasteiger partial charge < -0.3 is 20.3 Å². The van der Waals surface area contributed by atoms with Gasteiger partial charge in [-0.1, -0.05) is 42.5 Å². The Morgan fingerprint density at radius 1 is 1.10 bits per heavy atom. The van der Waals surface area contributed by atoms with Gasteiger partial charge in [0.2, 0.25) is 5.91 Å². The lowest BCUT2D eigenvalue weighted by Crippen LogP contribution is -2.36. The molecule has 1 heterocycles. The van der Waals surface area contributed by atoms with Crippen LogP contribution in [0, 0.1) is 0 Å². The Bertz CT molecular complexity index is 872. The summed E-state index contributed by atoms with van der Waals surface area (Å²) in [6.45, 7) is -0.538. The summed E-state index contributed by atoms with van der Waals surface area (Å²) in [5, 5.41) is 6.31. The number of halogens is 2. The Morgan fingerprint density at radius 2 is 1.80 bits per heavy atom. The molecule has 0 unspecified atom stereocenters. The zero-order valence-corrected chi connectivity index (χ0v) is 16.9. The molecule has 0 aliphatic carbocycles. The lowest BCUT2D eigenvalue weighted by atomic mass is 10.1. The zero-order chi connectivity index (χ0) is 21.3. The smallest absolute Gasteiger partial charge is 0.387 e. The van der Waals surface area contributed by atoms with Crippen LogP contribution in [-0.4, -0.2) is 37.0 Å². The van der Waals surface area contributed by atoms with Crippen LogP contribution in [0.15, 0.2) is 53.5 Å². The number of para-hydroxylation sites is 1. The van der Waals surface area contributed by atoms with E-state index in [1.165, 1.54) is 6.07 Å². The Morgan fingerprint density at radius 3 is 2.47 bits per heavy atom. The zero-order valence-electron chi connectivity index (χ0n) is 16.9. The fourth-order valence-corrected chi connectivity index (χ4v) is 3.30. The van der Waals surface area contributed by atoms with Crippen LogP contribution in [0.3, 0.4) is 0 Å². The Balaban J connectivity index is 1.49. The van der Waals surface area contributed by atoms with Gasteiger partial charge in [0.05, 0.1) is 0 Å². The van der Waals surface area contributed by atoms with E-state index in [2.05, 4.69) is 20.4 Å². The molecule has 0 radical (unpaired) electrons. The number of carbonyl (C=O) groups excluding carboxylic acids is 1. The number of nitrogens with one attached hydrogen (secondary N) is 2. The molecule has 0 spiro atoms. The van der Waals surface area contributed by atoms with Gasteiger partial charge in [0, 0.05) is 45.2 Å². The topological polar surface area (TPSA) is 66.0 Å². The fraction of sp³-hybridized carbons (Fsp3) is 0.364. The van der Waals surface area contributed by atoms with Crippen molar-refractivity contribution in [1.29, 1.82) is 0 Å². The maximum atomic E-state index is 12.5. The fourth-order valence-electron chi connectivity index (χ4n) is 3.30. The maximum absolute atomic E-state index is 12.5. The highest BCUT2D eigenvalue weighted by Gasteiger charge is 2.19. The van der Waals surface area contributed by atoms with Crippen molar-refractivity contribution < 1.29 is 18.3 Å². The first-order valence-electron chi connectivity index (χ1n) is 9.88. The molecule has 3 rings (SSSR count). The van der Waals surface area contributed by atoms with Gasteiger partial charge in [-0.05, 0) is 23.6 Å². The SMILES string of the molecule is CN=C(NCc1ccc(CN2CCCC2=O)cc1)NCc1ccccc1OC(F)F. The van der Waals surface area contributed by atoms with Crippen molar-refractivity contribution >= 4 is 11.9 Å². The number of likely N-dealkylation sites (tertiary alicyclic amines) is 1. The molecule has 2 aromatic rings. The molecule has 1 aliphatic rings. The average Bonchev–Trinajstić information content (AvgIpc) is 3.14. The van der Waals surface area contributed by atoms with E-state index in [0.717, 1.165) is 24.1 Å². The van der Waals surface area contributed by atoms with Gasteiger partial charge in [-0.3, -0.25) is 9.79 Å². The molecule has 2 aromatic carbocycles. The van der Waals surface area contributed by atoms with Crippen LogP contribution in [0.5, 0.6) is 5.75 Å². The normalized spacial score (nSPS) is 14.3. The highest BCUT2D eigenvalue weighted by Crippen LogP contribution is 2.20. The van der Waals surface area contributed by atoms with Crippen molar-refractivity contribution in [2.45, 2.75) is 39.1 Å². The lowest BCUT2D eigenvalue weighted by Gasteiger charge is -2.16. The van der Waals surface area contributed by atoms with Crippen LogP contribution >= 0.6 is 0 Å². The Kier molecular flexibility index (Phi) is 7.59. The van der Waals surface area contributed by atoms with Gasteiger partial charge in [-0.25, -0.2) is 0 Å². The Hall–Kier alpha value is -3.16. The quantitative estimate of drug-likeness (QED) is 0.512. The third-order valence-electron chi connectivity index (χ3n) is 4.89. The number of ether oxygens (including phenoxy) is 1. The number of nitrogens with zero attached hydrogens (tertiary/aromatic N) is 2. The third kappa shape index (κ3) is 6.17. The summed E-state index contributed by atoms with van der Waals surface area (Å²) in [5.41, 5.74) is 2.78. The molecular weight excluding hydrogens is 390 g/mol. The molecule has 30 heavy (non-hydrogen) atoms. The van der Waals surface area contributed by atoms with Crippen molar-refractivity contribution in [3.8, 4) is 5.75 Å². The molecule has 1 amide bonds. The second kappa shape index (κ2) is 10.6. The summed E-state index contributed by atoms with van der Waals surface area (Å²) < 4.78 is 29.6. The first-order chi connectivity index (χ1) is 14.5. The predicted molar refractivity (Wildman–Crippen MR) is 111 cm³/mol. The molecule has 1 saturated heterocycles. The van der Waals surface area contributed by atoms with Crippen molar-refractivity contribution in [2.24, 2.45) is 4.99 Å². The molecular formula is C22H26F2N4O2. The summed E-state index contributed by atoms with van der Waals surface area (Å²) in [6.07, 6.45) is 1.58. The number of alkyl halides is 2. The van der Waals surface area contributed by atoms with Crippen LogP contribution < -0.4 is 15.4 Å². The van der Waals surface area contributed by atoms with Crippen LogP contribution in [0.1, 0.15) is 29.5 Å². The second-order valence-corrected chi connectivity index (χ2v) is 7.00. The monoisotopic (exact) mass is 416 g/mol. The first-order valence-corrected chi connectivity index (χ1v) is 9.88. The summed E-state index contributed by atoms with van der Waals surface area (Å²) in [6, 6.07) is 14.7. The van der Waals surface area contributed by atoms with Crippen LogP contribution in [-0.2, 0) is 24.4 Å². The lowest BCUT2D eigenvalue weighted by molar-refractivity contribution is -0.128. The van der Waals surface area contributed by atoms with Gasteiger partial charge in [0.15, 0.2) is 5.96 Å². The van der Waals surface area contributed by atoms with Crippen LogP contribution in [0.2, 0.25) is 0 Å². The summed E-state index contributed by atoms with van der Waals surface area (Å²) in [7, 11) is 1.65. The van der Waals surface area contributed by atoms with Crippen molar-refractivity contribution in [2.75, 3.05) is 13.6 Å². The Labute approximate surface area is 174 Å². The number of carbonyl (C=O) groups is 1. The van der Waals surface area contributed by atoms with E-state index in [4.69, 9.17) is 0 Å². The summed E-state index contributed by atoms with van der Waals surface area (Å²) in [5.74, 6) is 0.909. The molecule has 0 aromatic heterocycles. The number of rotatable bonds is 8. The van der Waals surface area contributed by atoms with Crippen LogP contribution in [0.25, 0.3) is 0 Å². The summed E-state index contributed by atoms with van der Waals surface area (Å²) >= 11 is 0.